The van der Waals surface area contributed by atoms with Gasteiger partial charge in [-0.05, 0) is 35.5 Å². The first-order valence-corrected chi connectivity index (χ1v) is 8.30. The van der Waals surface area contributed by atoms with Crippen molar-refractivity contribution in [1.82, 2.24) is 10.1 Å². The van der Waals surface area contributed by atoms with E-state index in [1.54, 1.807) is 18.2 Å². The lowest BCUT2D eigenvalue weighted by molar-refractivity contribution is -0.116. The zero-order valence-corrected chi connectivity index (χ0v) is 14.8. The molecule has 0 aliphatic carbocycles. The van der Waals surface area contributed by atoms with E-state index >= 15 is 0 Å². The highest BCUT2D eigenvalue weighted by atomic mass is 35.5. The third kappa shape index (κ3) is 4.52. The molecule has 0 aliphatic heterocycles. The van der Waals surface area contributed by atoms with Crippen LogP contribution < -0.4 is 15.4 Å². The molecule has 26 heavy (non-hydrogen) atoms. The van der Waals surface area contributed by atoms with E-state index in [1.807, 2.05) is 30.3 Å². The summed E-state index contributed by atoms with van der Waals surface area (Å²) >= 11 is 5.95. The Kier molecular flexibility index (Phi) is 5.70. The zero-order chi connectivity index (χ0) is 18.4. The molecule has 0 saturated heterocycles. The summed E-state index contributed by atoms with van der Waals surface area (Å²) in [5.74, 6) is 1.10. The van der Waals surface area contributed by atoms with E-state index in [-0.39, 0.29) is 12.3 Å². The van der Waals surface area contributed by atoms with Crippen molar-refractivity contribution in [2.24, 2.45) is 0 Å². The average molecular weight is 373 g/mol. The van der Waals surface area contributed by atoms with Gasteiger partial charge in [-0.1, -0.05) is 29.8 Å². The van der Waals surface area contributed by atoms with Crippen LogP contribution in [0.3, 0.4) is 0 Å². The Morgan fingerprint density at radius 3 is 2.81 bits per heavy atom. The molecule has 2 aromatic carbocycles. The Morgan fingerprint density at radius 2 is 2.04 bits per heavy atom. The van der Waals surface area contributed by atoms with E-state index in [9.17, 15) is 4.79 Å². The normalized spacial score (nSPS) is 10.4. The highest BCUT2D eigenvalue weighted by Crippen LogP contribution is 2.27. The van der Waals surface area contributed by atoms with Gasteiger partial charge in [0.15, 0.2) is 0 Å². The van der Waals surface area contributed by atoms with Crippen LogP contribution in [0.5, 0.6) is 5.75 Å². The fraction of sp³-hybridized carbons (Fsp3) is 0.167. The van der Waals surface area contributed by atoms with E-state index in [1.165, 1.54) is 7.11 Å². The number of hydrogen-bond acceptors (Lipinski definition) is 6. The zero-order valence-electron chi connectivity index (χ0n) is 14.0. The summed E-state index contributed by atoms with van der Waals surface area (Å²) in [5.41, 5.74) is 1.36. The van der Waals surface area contributed by atoms with Gasteiger partial charge >= 0.3 is 0 Å². The Balaban J connectivity index is 1.52. The van der Waals surface area contributed by atoms with Gasteiger partial charge in [-0.2, -0.15) is 4.98 Å². The van der Waals surface area contributed by atoms with Crippen LogP contribution in [-0.2, 0) is 4.79 Å². The Morgan fingerprint density at radius 1 is 1.23 bits per heavy atom. The van der Waals surface area contributed by atoms with Crippen molar-refractivity contribution in [1.29, 1.82) is 0 Å². The van der Waals surface area contributed by atoms with Gasteiger partial charge in [-0.25, -0.2) is 0 Å². The number of methoxy groups -OCH3 is 1. The summed E-state index contributed by atoms with van der Waals surface area (Å²) in [7, 11) is 1.53. The lowest BCUT2D eigenvalue weighted by Gasteiger charge is -2.10. The summed E-state index contributed by atoms with van der Waals surface area (Å²) in [6.07, 6.45) is 0.213. The number of nitrogens with zero attached hydrogens (tertiary/aromatic N) is 2. The monoisotopic (exact) mass is 372 g/mol. The van der Waals surface area contributed by atoms with Crippen molar-refractivity contribution in [3.63, 3.8) is 0 Å². The molecule has 0 radical (unpaired) electrons. The number of aromatic nitrogens is 2. The van der Waals surface area contributed by atoms with Crippen LogP contribution in [0.1, 0.15) is 6.42 Å². The number of anilines is 2. The molecule has 0 saturated carbocycles. The summed E-state index contributed by atoms with van der Waals surface area (Å²) in [5, 5.41) is 10.1. The molecule has 8 heteroatoms. The molecular weight excluding hydrogens is 356 g/mol. The lowest BCUT2D eigenvalue weighted by Crippen LogP contribution is -2.17. The second-order valence-electron chi connectivity index (χ2n) is 5.36. The standard InChI is InChI=1S/C18H17ClN4O3/c1-25-15-8-7-13(19)11-14(15)21-16(24)9-10-20-18-22-17(26-23-18)12-5-3-2-4-6-12/h2-8,11H,9-10H2,1H3,(H,20,23)(H,21,24). The van der Waals surface area contributed by atoms with Crippen LogP contribution in [0.4, 0.5) is 11.6 Å². The quantitative estimate of drug-likeness (QED) is 0.655. The number of rotatable bonds is 7. The molecule has 3 rings (SSSR count). The predicted octanol–water partition coefficient (Wildman–Crippen LogP) is 3.84. The van der Waals surface area contributed by atoms with Crippen molar-refractivity contribution in [3.8, 4) is 17.2 Å². The first-order chi connectivity index (χ1) is 12.7. The topological polar surface area (TPSA) is 89.3 Å². The van der Waals surface area contributed by atoms with Gasteiger partial charge in [0, 0.05) is 23.6 Å². The maximum absolute atomic E-state index is 12.1. The first-order valence-electron chi connectivity index (χ1n) is 7.92. The van der Waals surface area contributed by atoms with Gasteiger partial charge in [0.05, 0.1) is 12.8 Å². The number of amides is 1. The van der Waals surface area contributed by atoms with Gasteiger partial charge in [-0.15, -0.1) is 0 Å². The highest BCUT2D eigenvalue weighted by molar-refractivity contribution is 6.31. The third-order valence-electron chi connectivity index (χ3n) is 3.52. The minimum atomic E-state index is -0.190. The van der Waals surface area contributed by atoms with E-state index in [4.69, 9.17) is 20.9 Å². The van der Waals surface area contributed by atoms with E-state index in [0.29, 0.717) is 34.8 Å². The number of halogens is 1. The fourth-order valence-corrected chi connectivity index (χ4v) is 2.44. The van der Waals surface area contributed by atoms with Gasteiger partial charge in [0.2, 0.25) is 5.91 Å². The smallest absolute Gasteiger partial charge is 0.263 e. The van der Waals surface area contributed by atoms with Crippen molar-refractivity contribution in [3.05, 3.63) is 53.6 Å². The van der Waals surface area contributed by atoms with Crippen LogP contribution in [0.15, 0.2) is 53.1 Å². The summed E-state index contributed by atoms with van der Waals surface area (Å²) in [6, 6.07) is 14.5. The average Bonchev–Trinajstić information content (AvgIpc) is 3.11. The maximum atomic E-state index is 12.1. The fourth-order valence-electron chi connectivity index (χ4n) is 2.27. The number of nitrogens with one attached hydrogen (secondary N) is 2. The van der Waals surface area contributed by atoms with Crippen molar-refractivity contribution >= 4 is 29.1 Å². The summed E-state index contributed by atoms with van der Waals surface area (Å²) in [6.45, 7) is 0.350. The van der Waals surface area contributed by atoms with Gasteiger partial charge < -0.3 is 19.9 Å². The number of ether oxygens (including phenoxy) is 1. The van der Waals surface area contributed by atoms with Crippen molar-refractivity contribution < 1.29 is 14.1 Å². The Hall–Kier alpha value is -3.06. The predicted molar refractivity (Wildman–Crippen MR) is 99.5 cm³/mol. The molecule has 0 bridgehead atoms. The first kappa shape index (κ1) is 17.8. The molecule has 1 amide bonds. The van der Waals surface area contributed by atoms with Crippen molar-refractivity contribution in [2.75, 3.05) is 24.3 Å². The lowest BCUT2D eigenvalue weighted by atomic mass is 10.2. The van der Waals surface area contributed by atoms with Gasteiger partial charge in [0.25, 0.3) is 11.8 Å². The molecule has 0 aliphatic rings. The van der Waals surface area contributed by atoms with Crippen LogP contribution >= 0.6 is 11.6 Å². The molecule has 7 nitrogen and oxygen atoms in total. The van der Waals surface area contributed by atoms with E-state index < -0.39 is 0 Å². The molecule has 3 aromatic rings. The maximum Gasteiger partial charge on any atom is 0.263 e. The molecule has 134 valence electrons. The summed E-state index contributed by atoms with van der Waals surface area (Å²) in [4.78, 5) is 16.3. The molecule has 2 N–H and O–H groups in total. The van der Waals surface area contributed by atoms with Crippen molar-refractivity contribution in [2.45, 2.75) is 6.42 Å². The molecular formula is C18H17ClN4O3. The molecule has 1 aromatic heterocycles. The summed E-state index contributed by atoms with van der Waals surface area (Å²) < 4.78 is 10.4. The molecule has 0 unspecified atom stereocenters. The number of carbonyl (C=O) groups excluding carboxylic acids is 1. The molecule has 0 atom stereocenters. The number of hydrogen-bond donors (Lipinski definition) is 2. The highest BCUT2D eigenvalue weighted by Gasteiger charge is 2.10. The third-order valence-corrected chi connectivity index (χ3v) is 3.75. The minimum absolute atomic E-state index is 0.190. The Bertz CT molecular complexity index is 883. The Labute approximate surface area is 155 Å². The van der Waals surface area contributed by atoms with E-state index in [2.05, 4.69) is 20.8 Å². The molecule has 0 fully saturated rings. The second kappa shape index (κ2) is 8.35. The largest absolute Gasteiger partial charge is 0.495 e. The van der Waals surface area contributed by atoms with Crippen LogP contribution in [0, 0.1) is 0 Å². The SMILES string of the molecule is COc1ccc(Cl)cc1NC(=O)CCNc1noc(-c2ccccc2)n1. The van der Waals surface area contributed by atoms with Crippen LogP contribution in [0.2, 0.25) is 5.02 Å². The van der Waals surface area contributed by atoms with Gasteiger partial charge in [-0.3, -0.25) is 4.79 Å². The second-order valence-corrected chi connectivity index (χ2v) is 5.80. The van der Waals surface area contributed by atoms with Crippen LogP contribution in [-0.4, -0.2) is 29.7 Å². The molecule has 1 heterocycles. The minimum Gasteiger partial charge on any atom is -0.495 e. The number of benzene rings is 2. The molecule has 0 spiro atoms. The van der Waals surface area contributed by atoms with E-state index in [0.717, 1.165) is 5.56 Å². The van der Waals surface area contributed by atoms with Gasteiger partial charge in [0.1, 0.15) is 5.75 Å². The number of carbonyl (C=O) groups is 1. The van der Waals surface area contributed by atoms with Crippen LogP contribution in [0.25, 0.3) is 11.5 Å².